The zero-order valence-electron chi connectivity index (χ0n) is 17.9. The average molecular weight is 604 g/mol. The Bertz CT molecular complexity index is 1560. The van der Waals surface area contributed by atoms with Gasteiger partial charge in [-0.15, -0.1) is 18.7 Å². The molecule has 13 nitrogen and oxygen atoms in total. The molecular formula is C18H6F6N2O11S2. The number of imide groups is 2. The molecule has 2 aliphatic rings. The fraction of sp³-hybridized carbons (Fsp3) is 0.111. The number of fused-ring (bicyclic) bond motifs is 2. The van der Waals surface area contributed by atoms with Gasteiger partial charge in [-0.1, -0.05) is 12.1 Å². The molecule has 0 fully saturated rings. The van der Waals surface area contributed by atoms with Crippen molar-refractivity contribution in [2.24, 2.45) is 0 Å². The molecular weight excluding hydrogens is 598 g/mol. The van der Waals surface area contributed by atoms with Crippen LogP contribution in [-0.2, 0) is 28.8 Å². The third kappa shape index (κ3) is 4.47. The van der Waals surface area contributed by atoms with Gasteiger partial charge in [-0.25, -0.2) is 0 Å². The van der Waals surface area contributed by atoms with Gasteiger partial charge in [-0.2, -0.15) is 43.2 Å². The van der Waals surface area contributed by atoms with Gasteiger partial charge in [0.2, 0.25) is 0 Å². The number of hydroxylamine groups is 4. The molecule has 0 bridgehead atoms. The second kappa shape index (κ2) is 8.72. The Kier molecular flexibility index (Phi) is 6.25. The van der Waals surface area contributed by atoms with Gasteiger partial charge < -0.3 is 4.74 Å². The normalized spacial score (nSPS) is 16.2. The molecule has 0 saturated heterocycles. The van der Waals surface area contributed by atoms with E-state index in [0.29, 0.717) is 0 Å². The highest BCUT2D eigenvalue weighted by molar-refractivity contribution is 7.87. The van der Waals surface area contributed by atoms with E-state index in [-0.39, 0.29) is 0 Å². The van der Waals surface area contributed by atoms with E-state index in [1.54, 1.807) is 0 Å². The van der Waals surface area contributed by atoms with E-state index in [2.05, 4.69) is 8.57 Å². The summed E-state index contributed by atoms with van der Waals surface area (Å²) in [6, 6.07) is 5.57. The maximum atomic E-state index is 12.7. The predicted octanol–water partition coefficient (Wildman–Crippen LogP) is 2.23. The predicted molar refractivity (Wildman–Crippen MR) is 106 cm³/mol. The molecule has 2 aliphatic heterocycles. The van der Waals surface area contributed by atoms with E-state index in [0.717, 1.165) is 36.4 Å². The second-order valence-corrected chi connectivity index (χ2v) is 10.3. The molecule has 208 valence electrons. The number of rotatable bonds is 6. The van der Waals surface area contributed by atoms with Crippen molar-refractivity contribution in [2.75, 3.05) is 0 Å². The summed E-state index contributed by atoms with van der Waals surface area (Å²) in [5.74, 6) is -8.25. The van der Waals surface area contributed by atoms with Gasteiger partial charge in [0.05, 0.1) is 22.3 Å². The molecule has 2 heterocycles. The molecule has 0 unspecified atom stereocenters. The van der Waals surface area contributed by atoms with E-state index in [9.17, 15) is 62.4 Å². The smallest absolute Gasteiger partial charge is 0.456 e. The topological polar surface area (TPSA) is 171 Å². The molecule has 0 radical (unpaired) electrons. The number of ether oxygens (including phenoxy) is 1. The van der Waals surface area contributed by atoms with E-state index in [4.69, 9.17) is 4.74 Å². The molecule has 0 N–H and O–H groups in total. The first-order valence-corrected chi connectivity index (χ1v) is 12.3. The van der Waals surface area contributed by atoms with Crippen LogP contribution < -0.4 is 4.74 Å². The number of benzene rings is 2. The summed E-state index contributed by atoms with van der Waals surface area (Å²) in [6.07, 6.45) is 0. The van der Waals surface area contributed by atoms with Crippen LogP contribution in [0.25, 0.3) is 0 Å². The fourth-order valence-electron chi connectivity index (χ4n) is 3.17. The molecule has 2 aromatic rings. The van der Waals surface area contributed by atoms with Gasteiger partial charge in [0.1, 0.15) is 11.5 Å². The van der Waals surface area contributed by atoms with E-state index in [1.165, 1.54) is 0 Å². The zero-order chi connectivity index (χ0) is 29.3. The lowest BCUT2D eigenvalue weighted by atomic mass is 10.1. The molecule has 4 amide bonds. The summed E-state index contributed by atoms with van der Waals surface area (Å²) in [4.78, 5) is 50.0. The summed E-state index contributed by atoms with van der Waals surface area (Å²) in [7, 11) is -13.0. The number of hydrogen-bond acceptors (Lipinski definition) is 11. The minimum atomic E-state index is -6.48. The third-order valence-corrected chi connectivity index (χ3v) is 6.64. The number of carbonyl (C=O) groups is 4. The number of halogens is 6. The molecule has 4 rings (SSSR count). The second-order valence-electron chi connectivity index (χ2n) is 7.22. The molecule has 0 atom stereocenters. The first-order valence-electron chi connectivity index (χ1n) is 9.51. The Labute approximate surface area is 211 Å². The van der Waals surface area contributed by atoms with Crippen LogP contribution in [0.2, 0.25) is 0 Å². The number of amides is 4. The van der Waals surface area contributed by atoms with E-state index < -0.39 is 98.8 Å². The summed E-state index contributed by atoms with van der Waals surface area (Å²) >= 11 is 0. The van der Waals surface area contributed by atoms with Crippen molar-refractivity contribution in [1.29, 1.82) is 0 Å². The highest BCUT2D eigenvalue weighted by Crippen LogP contribution is 2.40. The Hall–Kier alpha value is -4.08. The minimum Gasteiger partial charge on any atom is -0.456 e. The van der Waals surface area contributed by atoms with Crippen LogP contribution in [0, 0.1) is 0 Å². The van der Waals surface area contributed by atoms with Gasteiger partial charge in [0.25, 0.3) is 23.6 Å². The molecule has 0 aliphatic carbocycles. The molecule has 0 saturated carbocycles. The maximum Gasteiger partial charge on any atom is 0.525 e. The lowest BCUT2D eigenvalue weighted by Gasteiger charge is -2.15. The quantitative estimate of drug-likeness (QED) is 0.269. The zero-order valence-corrected chi connectivity index (χ0v) is 19.6. The van der Waals surface area contributed by atoms with Crippen LogP contribution in [0.1, 0.15) is 41.4 Å². The number of hydrogen-bond donors (Lipinski definition) is 0. The van der Waals surface area contributed by atoms with Crippen LogP contribution >= 0.6 is 0 Å². The molecule has 21 heteroatoms. The van der Waals surface area contributed by atoms with Crippen LogP contribution in [0.15, 0.2) is 36.4 Å². The third-order valence-electron chi connectivity index (χ3n) is 4.81. The molecule has 0 aromatic heterocycles. The summed E-state index contributed by atoms with van der Waals surface area (Å²) < 4.78 is 134. The first kappa shape index (κ1) is 27.9. The summed E-state index contributed by atoms with van der Waals surface area (Å²) in [5, 5.41) is -1.44. The molecule has 2 aromatic carbocycles. The van der Waals surface area contributed by atoms with Crippen LogP contribution in [0.5, 0.6) is 11.5 Å². The van der Waals surface area contributed by atoms with Gasteiger partial charge >= 0.3 is 31.3 Å². The fourth-order valence-corrected chi connectivity index (χ4v) is 4.00. The van der Waals surface area contributed by atoms with Gasteiger partial charge in [-0.05, 0) is 24.3 Å². The monoisotopic (exact) mass is 604 g/mol. The van der Waals surface area contributed by atoms with Crippen LogP contribution in [0.4, 0.5) is 26.3 Å². The van der Waals surface area contributed by atoms with Crippen molar-refractivity contribution >= 4 is 43.9 Å². The maximum absolute atomic E-state index is 12.7. The Morgan fingerprint density at radius 2 is 0.897 bits per heavy atom. The number of carbonyl (C=O) groups excluding carboxylic acids is 4. The minimum absolute atomic E-state index is 0.711. The van der Waals surface area contributed by atoms with Crippen molar-refractivity contribution in [3.8, 4) is 11.5 Å². The van der Waals surface area contributed by atoms with Crippen molar-refractivity contribution in [2.45, 2.75) is 11.0 Å². The van der Waals surface area contributed by atoms with Crippen LogP contribution in [-0.4, -0.2) is 61.6 Å². The Morgan fingerprint density at radius 3 is 1.21 bits per heavy atom. The van der Waals surface area contributed by atoms with E-state index in [1.807, 2.05) is 0 Å². The Balaban J connectivity index is 1.70. The van der Waals surface area contributed by atoms with Crippen molar-refractivity contribution < 1.29 is 75.7 Å². The Morgan fingerprint density at radius 1 is 0.564 bits per heavy atom. The standard InChI is InChI=1S/C18H6F6N2O11S2/c19-17(20,21)38(31,32)36-25-13(27)7-3-1-5-9(11(7)15(25)29)35-10-6-2-4-8-12(10)16(30)26(14(8)28)37-39(33,34)18(22,23)24/h1-6H. The van der Waals surface area contributed by atoms with E-state index >= 15 is 0 Å². The highest BCUT2D eigenvalue weighted by Gasteiger charge is 2.54. The SMILES string of the molecule is O=C1c2cccc(Oc3cccc4c3C(=O)N(OS(=O)(=O)C(F)(F)F)C4=O)c2C(=O)N1OS(=O)(=O)C(F)(F)F. The van der Waals surface area contributed by atoms with Crippen molar-refractivity contribution in [3.05, 3.63) is 58.7 Å². The molecule has 39 heavy (non-hydrogen) atoms. The first-order chi connectivity index (χ1) is 17.8. The number of nitrogens with zero attached hydrogens (tertiary/aromatic N) is 2. The van der Waals surface area contributed by atoms with Gasteiger partial charge in [-0.3, -0.25) is 19.2 Å². The lowest BCUT2D eigenvalue weighted by molar-refractivity contribution is -0.0755. The largest absolute Gasteiger partial charge is 0.525 e. The average Bonchev–Trinajstić information content (AvgIpc) is 3.19. The summed E-state index contributed by atoms with van der Waals surface area (Å²) in [6.45, 7) is 0. The van der Waals surface area contributed by atoms with Crippen molar-refractivity contribution in [3.63, 3.8) is 0 Å². The molecule has 0 spiro atoms. The summed E-state index contributed by atoms with van der Waals surface area (Å²) in [5.41, 5.74) is -15.2. The number of alkyl halides is 6. The van der Waals surface area contributed by atoms with Gasteiger partial charge in [0.15, 0.2) is 0 Å². The van der Waals surface area contributed by atoms with Crippen molar-refractivity contribution in [1.82, 2.24) is 10.1 Å². The van der Waals surface area contributed by atoms with Gasteiger partial charge in [0, 0.05) is 0 Å². The lowest BCUT2D eigenvalue weighted by Crippen LogP contribution is -2.38. The van der Waals surface area contributed by atoms with Crippen LogP contribution in [0.3, 0.4) is 0 Å². The highest BCUT2D eigenvalue weighted by atomic mass is 32.2.